The molecule has 0 bridgehead atoms. The number of carbonyl (C=O) groups excluding carboxylic acids is 2. The van der Waals surface area contributed by atoms with Crippen LogP contribution in [0.5, 0.6) is 5.75 Å². The molecule has 0 atom stereocenters. The molecule has 2 aromatic carbocycles. The third kappa shape index (κ3) is 19.7. The van der Waals surface area contributed by atoms with Crippen molar-refractivity contribution in [2.24, 2.45) is 11.8 Å². The van der Waals surface area contributed by atoms with E-state index in [-0.39, 0.29) is 5.97 Å². The first-order valence-corrected chi connectivity index (χ1v) is 23.7. The second-order valence-electron chi connectivity index (χ2n) is 14.9. The van der Waals surface area contributed by atoms with Crippen molar-refractivity contribution in [1.82, 2.24) is 5.32 Å². The number of amides is 1. The van der Waals surface area contributed by atoms with Crippen LogP contribution in [0.1, 0.15) is 142 Å². The highest BCUT2D eigenvalue weighted by Gasteiger charge is 2.40. The van der Waals surface area contributed by atoms with Crippen molar-refractivity contribution in [2.45, 2.75) is 143 Å². The van der Waals surface area contributed by atoms with Crippen LogP contribution in [0.2, 0.25) is 6.04 Å². The number of hydrogen-bond donors (Lipinski definition) is 1. The van der Waals surface area contributed by atoms with Gasteiger partial charge in [0.15, 0.2) is 0 Å². The van der Waals surface area contributed by atoms with E-state index in [1.807, 2.05) is 26.8 Å². The Kier molecular flexibility index (Phi) is 24.0. The second kappa shape index (κ2) is 28.5. The molecular weight excluding hydrogens is 711 g/mol. The van der Waals surface area contributed by atoms with Crippen LogP contribution in [0.25, 0.3) is 16.8 Å². The van der Waals surface area contributed by atoms with Crippen LogP contribution in [-0.4, -0.2) is 67.1 Å². The Morgan fingerprint density at radius 3 is 1.95 bits per heavy atom. The maximum atomic E-state index is 12.3. The largest absolute Gasteiger partial charge is 0.502 e. The standard InChI is InChI=1S/C45H73NO8Si/c1-5-9-10-11-12-13-14-17-20-38-21-23-40(24-22-38)37-51-43-29-28-41-35-39(25-27-42(41)36-43)26-30-44(47)49-32-18-15-16-19-33-50-45(48)46-31-34-55(52-6-2,53-7-3)54-8-4/h25-30,35-36,38,40H,5-24,31-34,37H2,1-4H3,(H,46,48)/b30-26+/t38-,40+. The predicted octanol–water partition coefficient (Wildman–Crippen LogP) is 11.4. The number of ether oxygens (including phenoxy) is 3. The van der Waals surface area contributed by atoms with Crippen LogP contribution >= 0.6 is 0 Å². The van der Waals surface area contributed by atoms with Gasteiger partial charge >= 0.3 is 20.9 Å². The van der Waals surface area contributed by atoms with Gasteiger partial charge in [-0.1, -0.05) is 95.8 Å². The molecule has 55 heavy (non-hydrogen) atoms. The maximum Gasteiger partial charge on any atom is 0.502 e. The van der Waals surface area contributed by atoms with Gasteiger partial charge in [-0.05, 0) is 112 Å². The summed E-state index contributed by atoms with van der Waals surface area (Å²) < 4.78 is 34.4. The lowest BCUT2D eigenvalue weighted by atomic mass is 9.80. The van der Waals surface area contributed by atoms with Gasteiger partial charge in [0.2, 0.25) is 0 Å². The fourth-order valence-electron chi connectivity index (χ4n) is 7.38. The van der Waals surface area contributed by atoms with Gasteiger partial charge in [-0.2, -0.15) is 0 Å². The molecular formula is C45H73NO8Si. The summed E-state index contributed by atoms with van der Waals surface area (Å²) in [6.07, 6.45) is 24.0. The van der Waals surface area contributed by atoms with Gasteiger partial charge in [-0.15, -0.1) is 0 Å². The normalized spacial score (nSPS) is 16.1. The predicted molar refractivity (Wildman–Crippen MR) is 225 cm³/mol. The first-order valence-electron chi connectivity index (χ1n) is 21.7. The minimum Gasteiger partial charge on any atom is -0.493 e. The van der Waals surface area contributed by atoms with Gasteiger partial charge in [0.25, 0.3) is 0 Å². The average molecular weight is 784 g/mol. The fraction of sp³-hybridized carbons (Fsp3) is 0.689. The van der Waals surface area contributed by atoms with E-state index in [9.17, 15) is 9.59 Å². The van der Waals surface area contributed by atoms with Crippen LogP contribution < -0.4 is 10.1 Å². The van der Waals surface area contributed by atoms with Crippen molar-refractivity contribution in [3.8, 4) is 5.75 Å². The number of unbranched alkanes of at least 4 members (excludes halogenated alkanes) is 10. The minimum absolute atomic E-state index is 0.333. The average Bonchev–Trinajstić information content (AvgIpc) is 3.19. The Labute approximate surface area is 333 Å². The Bertz CT molecular complexity index is 1340. The third-order valence-corrected chi connectivity index (χ3v) is 13.5. The zero-order chi connectivity index (χ0) is 39.4. The van der Waals surface area contributed by atoms with Crippen LogP contribution in [0.4, 0.5) is 4.79 Å². The number of benzene rings is 2. The molecule has 0 heterocycles. The molecule has 1 aliphatic carbocycles. The van der Waals surface area contributed by atoms with Crippen molar-refractivity contribution in [3.63, 3.8) is 0 Å². The van der Waals surface area contributed by atoms with E-state index in [1.165, 1.54) is 89.5 Å². The van der Waals surface area contributed by atoms with E-state index >= 15 is 0 Å². The van der Waals surface area contributed by atoms with Gasteiger partial charge in [-0.3, -0.25) is 0 Å². The molecule has 9 nitrogen and oxygen atoms in total. The van der Waals surface area contributed by atoms with Gasteiger partial charge in [0.05, 0.1) is 19.8 Å². The van der Waals surface area contributed by atoms with Crippen molar-refractivity contribution in [2.75, 3.05) is 46.2 Å². The molecule has 0 saturated heterocycles. The second-order valence-corrected chi connectivity index (χ2v) is 17.7. The molecule has 0 aromatic heterocycles. The van der Waals surface area contributed by atoms with Gasteiger partial charge in [-0.25, -0.2) is 9.59 Å². The summed E-state index contributed by atoms with van der Waals surface area (Å²) in [5, 5.41) is 5.00. The molecule has 0 aliphatic heterocycles. The molecule has 1 saturated carbocycles. The summed E-state index contributed by atoms with van der Waals surface area (Å²) in [5.41, 5.74) is 0.949. The molecule has 3 rings (SSSR count). The first-order chi connectivity index (χ1) is 26.9. The first kappa shape index (κ1) is 46.5. The van der Waals surface area contributed by atoms with Gasteiger partial charge < -0.3 is 32.8 Å². The topological polar surface area (TPSA) is 102 Å². The van der Waals surface area contributed by atoms with E-state index in [1.54, 1.807) is 6.08 Å². The smallest absolute Gasteiger partial charge is 0.493 e. The summed E-state index contributed by atoms with van der Waals surface area (Å²) in [4.78, 5) is 24.4. The quantitative estimate of drug-likeness (QED) is 0.0362. The minimum atomic E-state index is -2.79. The van der Waals surface area contributed by atoms with Crippen LogP contribution in [0.3, 0.4) is 0 Å². The van der Waals surface area contributed by atoms with E-state index in [4.69, 9.17) is 27.5 Å². The number of rotatable bonds is 30. The van der Waals surface area contributed by atoms with Crippen molar-refractivity contribution < 1.29 is 37.1 Å². The van der Waals surface area contributed by atoms with Crippen LogP contribution in [0, 0.1) is 11.8 Å². The third-order valence-electron chi connectivity index (χ3n) is 10.5. The highest BCUT2D eigenvalue weighted by Crippen LogP contribution is 2.33. The molecule has 0 radical (unpaired) electrons. The fourth-order valence-corrected chi connectivity index (χ4v) is 9.81. The zero-order valence-corrected chi connectivity index (χ0v) is 35.7. The molecule has 0 spiro atoms. The monoisotopic (exact) mass is 784 g/mol. The summed E-state index contributed by atoms with van der Waals surface area (Å²) in [6, 6.07) is 12.9. The molecule has 1 amide bonds. The maximum absolute atomic E-state index is 12.3. The summed E-state index contributed by atoms with van der Waals surface area (Å²) >= 11 is 0. The Hall–Kier alpha value is -2.92. The SMILES string of the molecule is CCCCCCCCCC[C@H]1CC[C@@H](COc2ccc3cc(/C=C/C(=O)OCCCCCCOC(=O)NCC[Si](OCC)(OCC)OCC)ccc3c2)CC1. The van der Waals surface area contributed by atoms with E-state index < -0.39 is 14.9 Å². The molecule has 1 N–H and O–H groups in total. The number of alkyl carbamates (subject to hydrolysis) is 1. The number of hydrogen-bond acceptors (Lipinski definition) is 8. The lowest BCUT2D eigenvalue weighted by Gasteiger charge is -2.28. The molecule has 1 aliphatic rings. The molecule has 10 heteroatoms. The molecule has 0 unspecified atom stereocenters. The van der Waals surface area contributed by atoms with E-state index in [0.717, 1.165) is 60.3 Å². The molecule has 2 aromatic rings. The van der Waals surface area contributed by atoms with Crippen LogP contribution in [0.15, 0.2) is 42.5 Å². The summed E-state index contributed by atoms with van der Waals surface area (Å²) in [5.74, 6) is 2.15. The number of nitrogens with one attached hydrogen (secondary N) is 1. The molecule has 310 valence electrons. The zero-order valence-electron chi connectivity index (χ0n) is 34.7. The Morgan fingerprint density at radius 2 is 1.27 bits per heavy atom. The summed E-state index contributed by atoms with van der Waals surface area (Å²) in [6.45, 7) is 11.3. The van der Waals surface area contributed by atoms with E-state index in [0.29, 0.717) is 51.5 Å². The highest BCUT2D eigenvalue weighted by atomic mass is 28.4. The lowest BCUT2D eigenvalue weighted by Crippen LogP contribution is -2.48. The molecule has 1 fully saturated rings. The number of carbonyl (C=O) groups is 2. The van der Waals surface area contributed by atoms with Gasteiger partial charge in [0.1, 0.15) is 5.75 Å². The van der Waals surface area contributed by atoms with Crippen molar-refractivity contribution in [1.29, 1.82) is 0 Å². The highest BCUT2D eigenvalue weighted by molar-refractivity contribution is 6.60. The Morgan fingerprint density at radius 1 is 0.691 bits per heavy atom. The lowest BCUT2D eigenvalue weighted by molar-refractivity contribution is -0.137. The number of esters is 1. The van der Waals surface area contributed by atoms with Gasteiger partial charge in [0, 0.05) is 38.5 Å². The number of fused-ring (bicyclic) bond motifs is 1. The van der Waals surface area contributed by atoms with Crippen LogP contribution in [-0.2, 0) is 27.5 Å². The van der Waals surface area contributed by atoms with Crippen molar-refractivity contribution >= 4 is 37.7 Å². The summed E-state index contributed by atoms with van der Waals surface area (Å²) in [7, 11) is -2.79. The van der Waals surface area contributed by atoms with E-state index in [2.05, 4.69) is 42.6 Å². The van der Waals surface area contributed by atoms with Crippen molar-refractivity contribution in [3.05, 3.63) is 48.0 Å². The Balaban J connectivity index is 1.22.